The van der Waals surface area contributed by atoms with Crippen LogP contribution in [0.4, 0.5) is 0 Å². The Hall–Kier alpha value is -2.53. The second kappa shape index (κ2) is 13.0. The average molecular weight is 445 g/mol. The number of nitrogens with one attached hydrogen (secondary N) is 1. The predicted molar refractivity (Wildman–Crippen MR) is 125 cm³/mol. The molecule has 1 unspecified atom stereocenters. The third-order valence-electron chi connectivity index (χ3n) is 4.99. The Balaban J connectivity index is 2.03. The van der Waals surface area contributed by atoms with Crippen LogP contribution in [0, 0.1) is 6.92 Å². The summed E-state index contributed by atoms with van der Waals surface area (Å²) in [5, 5.41) is 3.59. The van der Waals surface area contributed by atoms with E-state index in [9.17, 15) is 9.59 Å². The molecule has 6 heteroatoms. The zero-order valence-electron chi connectivity index (χ0n) is 18.7. The molecule has 0 saturated carbocycles. The first-order valence-electron chi connectivity index (χ1n) is 11.0. The molecular weight excluding hydrogens is 412 g/mol. The SMILES string of the molecule is CCCNC(=O)C(CC)N(Cc1cccc(C)c1)C(=O)CCCOc1ccc(Cl)cc1. The normalized spacial score (nSPS) is 11.6. The summed E-state index contributed by atoms with van der Waals surface area (Å²) in [5.74, 6) is 0.585. The zero-order valence-corrected chi connectivity index (χ0v) is 19.5. The van der Waals surface area contributed by atoms with Crippen LogP contribution < -0.4 is 10.1 Å². The van der Waals surface area contributed by atoms with Crippen LogP contribution >= 0.6 is 11.6 Å². The summed E-state index contributed by atoms with van der Waals surface area (Å²) in [4.78, 5) is 27.6. The number of rotatable bonds is 12. The van der Waals surface area contributed by atoms with E-state index in [1.807, 2.05) is 39.0 Å². The molecular formula is C25H33ClN2O3. The van der Waals surface area contributed by atoms with E-state index in [2.05, 4.69) is 11.4 Å². The number of amides is 2. The van der Waals surface area contributed by atoms with Crippen LogP contribution in [0.1, 0.15) is 50.7 Å². The van der Waals surface area contributed by atoms with Crippen LogP contribution in [0.25, 0.3) is 0 Å². The lowest BCUT2D eigenvalue weighted by Crippen LogP contribution is -2.49. The van der Waals surface area contributed by atoms with Crippen molar-refractivity contribution in [3.63, 3.8) is 0 Å². The van der Waals surface area contributed by atoms with Crippen LogP contribution in [-0.2, 0) is 16.1 Å². The van der Waals surface area contributed by atoms with Gasteiger partial charge in [-0.15, -0.1) is 0 Å². The number of benzene rings is 2. The highest BCUT2D eigenvalue weighted by molar-refractivity contribution is 6.30. The van der Waals surface area contributed by atoms with Crippen molar-refractivity contribution in [2.75, 3.05) is 13.2 Å². The first-order valence-corrected chi connectivity index (χ1v) is 11.3. The van der Waals surface area contributed by atoms with Crippen molar-refractivity contribution in [1.82, 2.24) is 10.2 Å². The van der Waals surface area contributed by atoms with Gasteiger partial charge in [0.2, 0.25) is 11.8 Å². The van der Waals surface area contributed by atoms with E-state index >= 15 is 0 Å². The summed E-state index contributed by atoms with van der Waals surface area (Å²) in [5.41, 5.74) is 2.15. The first kappa shape index (κ1) is 24.7. The summed E-state index contributed by atoms with van der Waals surface area (Å²) < 4.78 is 5.70. The molecule has 0 spiro atoms. The molecule has 0 heterocycles. The van der Waals surface area contributed by atoms with Gasteiger partial charge in [0.25, 0.3) is 0 Å². The van der Waals surface area contributed by atoms with Crippen LogP contribution in [0.5, 0.6) is 5.75 Å². The fourth-order valence-electron chi connectivity index (χ4n) is 3.38. The van der Waals surface area contributed by atoms with Gasteiger partial charge in [0.15, 0.2) is 0 Å². The van der Waals surface area contributed by atoms with Gasteiger partial charge in [-0.2, -0.15) is 0 Å². The molecule has 0 aromatic heterocycles. The lowest BCUT2D eigenvalue weighted by atomic mass is 10.1. The minimum Gasteiger partial charge on any atom is -0.494 e. The second-order valence-electron chi connectivity index (χ2n) is 7.63. The van der Waals surface area contributed by atoms with E-state index in [-0.39, 0.29) is 11.8 Å². The number of hydrogen-bond donors (Lipinski definition) is 1. The topological polar surface area (TPSA) is 58.6 Å². The molecule has 168 valence electrons. The Labute approximate surface area is 190 Å². The Kier molecular flexibility index (Phi) is 10.4. The van der Waals surface area contributed by atoms with Crippen molar-refractivity contribution < 1.29 is 14.3 Å². The van der Waals surface area contributed by atoms with Crippen LogP contribution in [-0.4, -0.2) is 35.9 Å². The van der Waals surface area contributed by atoms with Gasteiger partial charge in [0.05, 0.1) is 6.61 Å². The van der Waals surface area contributed by atoms with Crippen molar-refractivity contribution in [2.45, 2.75) is 59.0 Å². The quantitative estimate of drug-likeness (QED) is 0.461. The standard InChI is InChI=1S/C25H33ClN2O3/c1-4-15-27-25(30)23(5-2)28(18-20-9-6-8-19(3)17-20)24(29)10-7-16-31-22-13-11-21(26)12-14-22/h6,8-9,11-14,17,23H,4-5,7,10,15-16,18H2,1-3H3,(H,27,30). The van der Waals surface area contributed by atoms with E-state index in [1.54, 1.807) is 29.2 Å². The number of ether oxygens (including phenoxy) is 1. The molecule has 5 nitrogen and oxygen atoms in total. The van der Waals surface area contributed by atoms with Gasteiger partial charge in [0, 0.05) is 24.5 Å². The number of carbonyl (C=O) groups is 2. The van der Waals surface area contributed by atoms with E-state index in [1.165, 1.54) is 0 Å². The zero-order chi connectivity index (χ0) is 22.6. The number of aryl methyl sites for hydroxylation is 1. The first-order chi connectivity index (χ1) is 14.9. The molecule has 2 rings (SSSR count). The molecule has 0 radical (unpaired) electrons. The fourth-order valence-corrected chi connectivity index (χ4v) is 3.51. The van der Waals surface area contributed by atoms with Crippen LogP contribution in [0.15, 0.2) is 48.5 Å². The van der Waals surface area contributed by atoms with Gasteiger partial charge in [-0.1, -0.05) is 55.3 Å². The van der Waals surface area contributed by atoms with Crippen LogP contribution in [0.2, 0.25) is 5.02 Å². The van der Waals surface area contributed by atoms with E-state index in [0.717, 1.165) is 23.3 Å². The lowest BCUT2D eigenvalue weighted by Gasteiger charge is -2.31. The minimum atomic E-state index is -0.489. The molecule has 0 fully saturated rings. The highest BCUT2D eigenvalue weighted by Crippen LogP contribution is 2.17. The van der Waals surface area contributed by atoms with Crippen molar-refractivity contribution in [3.8, 4) is 5.75 Å². The molecule has 0 bridgehead atoms. The Bertz CT molecular complexity index is 839. The van der Waals surface area contributed by atoms with E-state index in [4.69, 9.17) is 16.3 Å². The summed E-state index contributed by atoms with van der Waals surface area (Å²) in [6, 6.07) is 14.7. The van der Waals surface area contributed by atoms with Gasteiger partial charge in [-0.05, 0) is 56.0 Å². The summed E-state index contributed by atoms with van der Waals surface area (Å²) in [7, 11) is 0. The fraction of sp³-hybridized carbons (Fsp3) is 0.440. The predicted octanol–water partition coefficient (Wildman–Crippen LogP) is 5.14. The highest BCUT2D eigenvalue weighted by atomic mass is 35.5. The second-order valence-corrected chi connectivity index (χ2v) is 8.07. The van der Waals surface area contributed by atoms with Crippen molar-refractivity contribution >= 4 is 23.4 Å². The molecule has 0 aliphatic rings. The number of carbonyl (C=O) groups excluding carboxylic acids is 2. The summed E-state index contributed by atoms with van der Waals surface area (Å²) in [6.07, 6.45) is 2.31. The third kappa shape index (κ3) is 8.25. The van der Waals surface area contributed by atoms with E-state index < -0.39 is 6.04 Å². The Morgan fingerprint density at radius 3 is 2.52 bits per heavy atom. The van der Waals surface area contributed by atoms with Crippen molar-refractivity contribution in [1.29, 1.82) is 0 Å². The molecule has 1 atom stereocenters. The maximum Gasteiger partial charge on any atom is 0.242 e. The van der Waals surface area contributed by atoms with E-state index in [0.29, 0.717) is 44.0 Å². The Morgan fingerprint density at radius 2 is 1.87 bits per heavy atom. The van der Waals surface area contributed by atoms with Gasteiger partial charge >= 0.3 is 0 Å². The van der Waals surface area contributed by atoms with Gasteiger partial charge < -0.3 is 15.0 Å². The molecule has 31 heavy (non-hydrogen) atoms. The smallest absolute Gasteiger partial charge is 0.242 e. The lowest BCUT2D eigenvalue weighted by molar-refractivity contribution is -0.141. The molecule has 0 aliphatic heterocycles. The van der Waals surface area contributed by atoms with Crippen molar-refractivity contribution in [3.05, 3.63) is 64.7 Å². The maximum absolute atomic E-state index is 13.1. The maximum atomic E-state index is 13.1. The van der Waals surface area contributed by atoms with Gasteiger partial charge in [-0.3, -0.25) is 9.59 Å². The summed E-state index contributed by atoms with van der Waals surface area (Å²) in [6.45, 7) is 7.42. The van der Waals surface area contributed by atoms with Crippen LogP contribution in [0.3, 0.4) is 0 Å². The largest absolute Gasteiger partial charge is 0.494 e. The number of halogens is 1. The molecule has 2 aromatic carbocycles. The monoisotopic (exact) mass is 444 g/mol. The molecule has 0 aliphatic carbocycles. The number of nitrogens with zero attached hydrogens (tertiary/aromatic N) is 1. The molecule has 2 aromatic rings. The Morgan fingerprint density at radius 1 is 1.13 bits per heavy atom. The minimum absolute atomic E-state index is 0.0419. The molecule has 1 N–H and O–H groups in total. The third-order valence-corrected chi connectivity index (χ3v) is 5.24. The molecule has 2 amide bonds. The van der Waals surface area contributed by atoms with Crippen molar-refractivity contribution in [2.24, 2.45) is 0 Å². The van der Waals surface area contributed by atoms with Gasteiger partial charge in [-0.25, -0.2) is 0 Å². The molecule has 0 saturated heterocycles. The summed E-state index contributed by atoms with van der Waals surface area (Å²) >= 11 is 5.89. The highest BCUT2D eigenvalue weighted by Gasteiger charge is 2.28. The van der Waals surface area contributed by atoms with Gasteiger partial charge in [0.1, 0.15) is 11.8 Å². The average Bonchev–Trinajstić information content (AvgIpc) is 2.76. The number of hydrogen-bond acceptors (Lipinski definition) is 3.